The normalized spacial score (nSPS) is 27.8. The largest absolute Gasteiger partial charge is 0.0651 e. The first-order valence-electron chi connectivity index (χ1n) is 8.52. The van der Waals surface area contributed by atoms with Gasteiger partial charge in [-0.2, -0.15) is 0 Å². The Morgan fingerprint density at radius 3 is 2.06 bits per heavy atom. The molecule has 5 unspecified atom stereocenters. The summed E-state index contributed by atoms with van der Waals surface area (Å²) in [5, 5.41) is 0. The van der Waals surface area contributed by atoms with Gasteiger partial charge in [-0.05, 0) is 48.9 Å². The molecule has 0 bridgehead atoms. The predicted octanol–water partition coefficient (Wildman–Crippen LogP) is 6.30. The number of rotatable bonds is 10. The van der Waals surface area contributed by atoms with Crippen molar-refractivity contribution in [1.29, 1.82) is 0 Å². The van der Waals surface area contributed by atoms with Gasteiger partial charge in [-0.1, -0.05) is 66.7 Å². The lowest BCUT2D eigenvalue weighted by atomic mass is 9.88. The Labute approximate surface area is 116 Å². The summed E-state index contributed by atoms with van der Waals surface area (Å²) >= 11 is 0. The quantitative estimate of drug-likeness (QED) is 0.428. The third-order valence-corrected chi connectivity index (χ3v) is 5.20. The SMILES string of the molecule is CCC(C)CCCC(C)CC(C)CCC1CC1C. The van der Waals surface area contributed by atoms with E-state index in [1.54, 1.807) is 0 Å². The molecule has 108 valence electrons. The van der Waals surface area contributed by atoms with Crippen LogP contribution in [0.2, 0.25) is 0 Å². The molecule has 0 heterocycles. The van der Waals surface area contributed by atoms with Gasteiger partial charge in [0.25, 0.3) is 0 Å². The van der Waals surface area contributed by atoms with Crippen molar-refractivity contribution in [2.24, 2.45) is 29.6 Å². The summed E-state index contributed by atoms with van der Waals surface area (Å²) < 4.78 is 0. The molecule has 1 aliphatic carbocycles. The van der Waals surface area contributed by atoms with Gasteiger partial charge in [-0.25, -0.2) is 0 Å². The second kappa shape index (κ2) is 8.23. The zero-order valence-electron chi connectivity index (χ0n) is 13.5. The van der Waals surface area contributed by atoms with E-state index in [2.05, 4.69) is 34.6 Å². The van der Waals surface area contributed by atoms with Gasteiger partial charge in [0.05, 0.1) is 0 Å². The smallest absolute Gasteiger partial charge is 0.0386 e. The Hall–Kier alpha value is 0. The fourth-order valence-electron chi connectivity index (χ4n) is 3.24. The Kier molecular flexibility index (Phi) is 7.34. The molecular formula is C18H36. The Bertz CT molecular complexity index is 208. The summed E-state index contributed by atoms with van der Waals surface area (Å²) in [6, 6.07) is 0. The monoisotopic (exact) mass is 252 g/mol. The van der Waals surface area contributed by atoms with Crippen LogP contribution in [0.4, 0.5) is 0 Å². The van der Waals surface area contributed by atoms with Crippen LogP contribution in [0.15, 0.2) is 0 Å². The van der Waals surface area contributed by atoms with E-state index in [1.807, 2.05) is 0 Å². The molecule has 0 spiro atoms. The molecule has 1 fully saturated rings. The highest BCUT2D eigenvalue weighted by Gasteiger charge is 2.31. The van der Waals surface area contributed by atoms with Crippen molar-refractivity contribution < 1.29 is 0 Å². The second-order valence-electron chi connectivity index (χ2n) is 7.44. The van der Waals surface area contributed by atoms with Crippen molar-refractivity contribution in [2.75, 3.05) is 0 Å². The van der Waals surface area contributed by atoms with Crippen molar-refractivity contribution in [3.63, 3.8) is 0 Å². The molecule has 1 aliphatic rings. The van der Waals surface area contributed by atoms with Crippen molar-refractivity contribution >= 4 is 0 Å². The fraction of sp³-hybridized carbons (Fsp3) is 1.00. The van der Waals surface area contributed by atoms with Crippen LogP contribution in [0, 0.1) is 29.6 Å². The first kappa shape index (κ1) is 16.1. The van der Waals surface area contributed by atoms with Gasteiger partial charge in [0.2, 0.25) is 0 Å². The maximum atomic E-state index is 2.47. The van der Waals surface area contributed by atoms with E-state index in [4.69, 9.17) is 0 Å². The maximum absolute atomic E-state index is 2.47. The van der Waals surface area contributed by atoms with Gasteiger partial charge >= 0.3 is 0 Å². The Morgan fingerprint density at radius 1 is 0.944 bits per heavy atom. The molecule has 0 N–H and O–H groups in total. The molecule has 0 aromatic carbocycles. The molecule has 0 heteroatoms. The Balaban J connectivity index is 1.98. The first-order valence-corrected chi connectivity index (χ1v) is 8.52. The summed E-state index contributed by atoms with van der Waals surface area (Å²) in [7, 11) is 0. The van der Waals surface area contributed by atoms with Crippen molar-refractivity contribution in [1.82, 2.24) is 0 Å². The molecule has 0 aromatic rings. The summed E-state index contributed by atoms with van der Waals surface area (Å²) in [6.07, 6.45) is 11.6. The molecule has 1 saturated carbocycles. The van der Waals surface area contributed by atoms with Gasteiger partial charge < -0.3 is 0 Å². The molecule has 0 amide bonds. The highest BCUT2D eigenvalue weighted by molar-refractivity contribution is 4.82. The second-order valence-corrected chi connectivity index (χ2v) is 7.44. The highest BCUT2D eigenvalue weighted by Crippen LogP contribution is 2.42. The minimum Gasteiger partial charge on any atom is -0.0651 e. The standard InChI is InChI=1S/C18H36/c1-6-14(2)8-7-9-15(3)12-16(4)10-11-18-13-17(18)5/h14-18H,6-13H2,1-5H3. The molecule has 1 rings (SSSR count). The van der Waals surface area contributed by atoms with Crippen molar-refractivity contribution in [3.8, 4) is 0 Å². The van der Waals surface area contributed by atoms with Crippen LogP contribution in [-0.2, 0) is 0 Å². The van der Waals surface area contributed by atoms with E-state index in [9.17, 15) is 0 Å². The summed E-state index contributed by atoms with van der Waals surface area (Å²) in [6.45, 7) is 12.1. The minimum absolute atomic E-state index is 0.936. The van der Waals surface area contributed by atoms with Gasteiger partial charge in [0.1, 0.15) is 0 Å². The topological polar surface area (TPSA) is 0 Å². The first-order chi connectivity index (χ1) is 8.52. The van der Waals surface area contributed by atoms with Crippen LogP contribution in [0.5, 0.6) is 0 Å². The van der Waals surface area contributed by atoms with Crippen LogP contribution in [0.3, 0.4) is 0 Å². The lowest BCUT2D eigenvalue weighted by Crippen LogP contribution is -2.05. The van der Waals surface area contributed by atoms with Crippen molar-refractivity contribution in [3.05, 3.63) is 0 Å². The average Bonchev–Trinajstić information content (AvgIpc) is 3.02. The third kappa shape index (κ3) is 6.81. The molecule has 0 aromatic heterocycles. The van der Waals surface area contributed by atoms with Crippen LogP contribution in [0.25, 0.3) is 0 Å². The number of hydrogen-bond acceptors (Lipinski definition) is 0. The van der Waals surface area contributed by atoms with Crippen molar-refractivity contribution in [2.45, 2.75) is 86.0 Å². The van der Waals surface area contributed by atoms with Crippen LogP contribution < -0.4 is 0 Å². The van der Waals surface area contributed by atoms with Gasteiger partial charge in [-0.15, -0.1) is 0 Å². The zero-order valence-corrected chi connectivity index (χ0v) is 13.5. The lowest BCUT2D eigenvalue weighted by Gasteiger charge is -2.18. The fourth-order valence-corrected chi connectivity index (χ4v) is 3.24. The zero-order chi connectivity index (χ0) is 13.5. The molecule has 18 heavy (non-hydrogen) atoms. The molecular weight excluding hydrogens is 216 g/mol. The molecule has 0 saturated heterocycles. The van der Waals surface area contributed by atoms with E-state index in [0.717, 1.165) is 29.6 Å². The Morgan fingerprint density at radius 2 is 1.50 bits per heavy atom. The van der Waals surface area contributed by atoms with Crippen LogP contribution in [0.1, 0.15) is 86.0 Å². The average molecular weight is 252 g/mol. The van der Waals surface area contributed by atoms with E-state index < -0.39 is 0 Å². The summed E-state index contributed by atoms with van der Waals surface area (Å²) in [5.41, 5.74) is 0. The summed E-state index contributed by atoms with van der Waals surface area (Å²) in [5.74, 6) is 4.97. The van der Waals surface area contributed by atoms with Gasteiger partial charge in [0, 0.05) is 0 Å². The summed E-state index contributed by atoms with van der Waals surface area (Å²) in [4.78, 5) is 0. The van der Waals surface area contributed by atoms with Crippen LogP contribution >= 0.6 is 0 Å². The van der Waals surface area contributed by atoms with E-state index in [1.165, 1.54) is 51.4 Å². The van der Waals surface area contributed by atoms with Gasteiger partial charge in [-0.3, -0.25) is 0 Å². The highest BCUT2D eigenvalue weighted by atomic mass is 14.4. The molecule has 0 aliphatic heterocycles. The third-order valence-electron chi connectivity index (χ3n) is 5.20. The van der Waals surface area contributed by atoms with E-state index >= 15 is 0 Å². The van der Waals surface area contributed by atoms with E-state index in [-0.39, 0.29) is 0 Å². The molecule has 5 atom stereocenters. The predicted molar refractivity (Wildman–Crippen MR) is 82.8 cm³/mol. The molecule has 0 nitrogen and oxygen atoms in total. The number of hydrogen-bond donors (Lipinski definition) is 0. The minimum atomic E-state index is 0.936. The van der Waals surface area contributed by atoms with Gasteiger partial charge in [0.15, 0.2) is 0 Å². The maximum Gasteiger partial charge on any atom is -0.0386 e. The van der Waals surface area contributed by atoms with E-state index in [0.29, 0.717) is 0 Å². The lowest BCUT2D eigenvalue weighted by molar-refractivity contribution is 0.345. The van der Waals surface area contributed by atoms with Crippen LogP contribution in [-0.4, -0.2) is 0 Å². The molecule has 0 radical (unpaired) electrons.